The van der Waals surface area contributed by atoms with E-state index in [9.17, 15) is 10.1 Å². The third kappa shape index (κ3) is 5.24. The Morgan fingerprint density at radius 2 is 1.93 bits per heavy atom. The molecule has 0 spiro atoms. The van der Waals surface area contributed by atoms with Crippen LogP contribution < -0.4 is 15.4 Å². The minimum atomic E-state index is -3.59. The number of nitrogens with two attached hydrogens (primary N) is 1. The van der Waals surface area contributed by atoms with Gasteiger partial charge in [0.2, 0.25) is 11.8 Å². The lowest BCUT2D eigenvalue weighted by atomic mass is 9.96. The zero-order valence-electron chi connectivity index (χ0n) is 22.4. The first-order valence-electron chi connectivity index (χ1n) is 12.6. The molecule has 0 saturated carbocycles. The molecule has 2 aromatic carbocycles. The molecule has 0 fully saturated rings. The minimum absolute atomic E-state index is 0.0731. The summed E-state index contributed by atoms with van der Waals surface area (Å²) in [5, 5.41) is 17.0. The molecule has 3 heterocycles. The van der Waals surface area contributed by atoms with Crippen LogP contribution in [0.1, 0.15) is 37.3 Å². The number of methoxy groups -OCH3 is 1. The predicted octanol–water partition coefficient (Wildman–Crippen LogP) is 5.10. The molecule has 5 rings (SSSR count). The van der Waals surface area contributed by atoms with Gasteiger partial charge < -0.3 is 19.8 Å². The topological polar surface area (TPSA) is 131 Å². The van der Waals surface area contributed by atoms with Crippen molar-refractivity contribution in [3.63, 3.8) is 0 Å². The number of fused-ring (bicyclic) bond motifs is 1. The maximum absolute atomic E-state index is 15.3. The summed E-state index contributed by atoms with van der Waals surface area (Å²) in [5.41, 5.74) is 5.62. The molecule has 1 atom stereocenters. The Morgan fingerprint density at radius 3 is 2.56 bits per heavy atom. The Bertz CT molecular complexity index is 1650. The number of hydrogen-bond acceptors (Lipinski definition) is 8. The van der Waals surface area contributed by atoms with E-state index in [1.54, 1.807) is 49.7 Å². The van der Waals surface area contributed by atoms with E-state index in [0.29, 0.717) is 23.1 Å². The number of pyridine rings is 1. The second kappa shape index (κ2) is 10.3. The third-order valence-corrected chi connectivity index (χ3v) is 6.86. The third-order valence-electron chi connectivity index (χ3n) is 6.86. The molecule has 12 heteroatoms. The van der Waals surface area contributed by atoms with Gasteiger partial charge in [0.15, 0.2) is 0 Å². The molecule has 41 heavy (non-hydrogen) atoms. The van der Waals surface area contributed by atoms with E-state index >= 15 is 13.2 Å². The van der Waals surface area contributed by atoms with Crippen molar-refractivity contribution in [1.82, 2.24) is 15.2 Å². The smallest absolute Gasteiger partial charge is 0.277 e. The number of alkyl halides is 2. The molecule has 0 radical (unpaired) electrons. The molecule has 9 nitrogen and oxygen atoms in total. The Balaban J connectivity index is 1.55. The molecule has 4 aromatic rings. The van der Waals surface area contributed by atoms with E-state index < -0.39 is 41.1 Å². The molecule has 1 amide bonds. The highest BCUT2D eigenvalue weighted by atomic mass is 19.3. The molecule has 0 saturated heterocycles. The van der Waals surface area contributed by atoms with Crippen molar-refractivity contribution in [2.75, 3.05) is 12.0 Å². The quantitative estimate of drug-likeness (QED) is 0.343. The van der Waals surface area contributed by atoms with Crippen LogP contribution in [0, 0.1) is 17.1 Å². The second-order valence-corrected chi connectivity index (χ2v) is 10.2. The number of nitriles is 1. The summed E-state index contributed by atoms with van der Waals surface area (Å²) in [5.74, 6) is -5.17. The summed E-state index contributed by atoms with van der Waals surface area (Å²) >= 11 is 0. The standard InChI is InChI=1S/C29H25F3N6O3/c1-28(2,15-33)27-37-36-25(41-27)19-10-24-20(11-21(19)30)29(31,32)12-22(34)26(39)38(24)14-16-4-6-17(7-5-16)23-9-8-18(40-3)13-35-23/h4-11,13,22H,12,14,34H2,1-3H3/t22-/m1/s1. The van der Waals surface area contributed by atoms with Gasteiger partial charge in [0.1, 0.15) is 17.0 Å². The first-order valence-corrected chi connectivity index (χ1v) is 12.6. The summed E-state index contributed by atoms with van der Waals surface area (Å²) in [7, 11) is 1.54. The maximum atomic E-state index is 15.3. The molecule has 210 valence electrons. The number of halogens is 3. The van der Waals surface area contributed by atoms with Gasteiger partial charge >= 0.3 is 0 Å². The Morgan fingerprint density at radius 1 is 1.20 bits per heavy atom. The van der Waals surface area contributed by atoms with Gasteiger partial charge in [-0.25, -0.2) is 13.2 Å². The number of anilines is 1. The van der Waals surface area contributed by atoms with Crippen LogP contribution in [-0.4, -0.2) is 34.2 Å². The van der Waals surface area contributed by atoms with Crippen LogP contribution in [0.4, 0.5) is 18.9 Å². The van der Waals surface area contributed by atoms with E-state index in [2.05, 4.69) is 15.2 Å². The minimum Gasteiger partial charge on any atom is -0.495 e. The lowest BCUT2D eigenvalue weighted by Crippen LogP contribution is -2.43. The van der Waals surface area contributed by atoms with E-state index in [4.69, 9.17) is 14.9 Å². The highest BCUT2D eigenvalue weighted by Crippen LogP contribution is 2.45. The first kappa shape index (κ1) is 27.8. The lowest BCUT2D eigenvalue weighted by Gasteiger charge is -2.25. The Labute approximate surface area is 233 Å². The molecule has 0 bridgehead atoms. The van der Waals surface area contributed by atoms with Crippen LogP contribution in [0.25, 0.3) is 22.7 Å². The van der Waals surface area contributed by atoms with Crippen LogP contribution in [0.15, 0.2) is 59.1 Å². The summed E-state index contributed by atoms with van der Waals surface area (Å²) in [4.78, 5) is 18.8. The number of nitrogens with zero attached hydrogens (tertiary/aromatic N) is 5. The highest BCUT2D eigenvalue weighted by Gasteiger charge is 2.45. The van der Waals surface area contributed by atoms with E-state index in [1.165, 1.54) is 13.8 Å². The first-order chi connectivity index (χ1) is 19.4. The molecule has 1 aliphatic rings. The van der Waals surface area contributed by atoms with Crippen LogP contribution in [-0.2, 0) is 22.7 Å². The van der Waals surface area contributed by atoms with Gasteiger partial charge in [-0.3, -0.25) is 9.78 Å². The average molecular weight is 563 g/mol. The average Bonchev–Trinajstić information content (AvgIpc) is 3.45. The maximum Gasteiger partial charge on any atom is 0.277 e. The monoisotopic (exact) mass is 562 g/mol. The number of ether oxygens (including phenoxy) is 1. The van der Waals surface area contributed by atoms with E-state index in [-0.39, 0.29) is 29.6 Å². The van der Waals surface area contributed by atoms with Crippen LogP contribution in [0.2, 0.25) is 0 Å². The van der Waals surface area contributed by atoms with Crippen molar-refractivity contribution in [3.8, 4) is 34.5 Å². The normalized spacial score (nSPS) is 16.6. The second-order valence-electron chi connectivity index (χ2n) is 10.2. The van der Waals surface area contributed by atoms with Crippen molar-refractivity contribution in [3.05, 3.63) is 77.6 Å². The predicted molar refractivity (Wildman–Crippen MR) is 142 cm³/mol. The molecule has 2 aromatic heterocycles. The lowest BCUT2D eigenvalue weighted by molar-refractivity contribution is -0.122. The molecular weight excluding hydrogens is 537 g/mol. The summed E-state index contributed by atoms with van der Waals surface area (Å²) < 4.78 is 56.5. The number of amides is 1. The fraction of sp³-hybridized carbons (Fsp3) is 0.276. The van der Waals surface area contributed by atoms with Crippen molar-refractivity contribution >= 4 is 11.6 Å². The number of carbonyl (C=O) groups excluding carboxylic acids is 1. The zero-order valence-corrected chi connectivity index (χ0v) is 22.4. The molecule has 2 N–H and O–H groups in total. The Kier molecular flexibility index (Phi) is 7.00. The highest BCUT2D eigenvalue weighted by molar-refractivity contribution is 5.99. The van der Waals surface area contributed by atoms with E-state index in [1.807, 2.05) is 6.07 Å². The summed E-state index contributed by atoms with van der Waals surface area (Å²) in [6.45, 7) is 2.96. The summed E-state index contributed by atoms with van der Waals surface area (Å²) in [6.07, 6.45) is 0.597. The SMILES string of the molecule is COc1ccc(-c2ccc(CN3C(=O)[C@H](N)CC(F)(F)c4cc(F)c(-c5nnc(C(C)(C)C#N)o5)cc43)cc2)nc1. The zero-order chi connectivity index (χ0) is 29.5. The molecule has 0 unspecified atom stereocenters. The fourth-order valence-electron chi connectivity index (χ4n) is 4.47. The largest absolute Gasteiger partial charge is 0.495 e. The van der Waals surface area contributed by atoms with Gasteiger partial charge in [0.05, 0.1) is 48.9 Å². The number of aromatic nitrogens is 3. The van der Waals surface area contributed by atoms with E-state index in [0.717, 1.165) is 16.5 Å². The van der Waals surface area contributed by atoms with Crippen LogP contribution >= 0.6 is 0 Å². The van der Waals surface area contributed by atoms with Gasteiger partial charge in [0.25, 0.3) is 11.8 Å². The van der Waals surface area contributed by atoms with Crippen LogP contribution in [0.3, 0.4) is 0 Å². The number of hydrogen-bond donors (Lipinski definition) is 1. The Hall–Kier alpha value is -4.76. The number of carbonyl (C=O) groups is 1. The summed E-state index contributed by atoms with van der Waals surface area (Å²) in [6, 6.07) is 12.8. The van der Waals surface area contributed by atoms with Crippen molar-refractivity contribution in [2.24, 2.45) is 5.73 Å². The van der Waals surface area contributed by atoms with Crippen LogP contribution in [0.5, 0.6) is 5.75 Å². The van der Waals surface area contributed by atoms with Crippen molar-refractivity contribution in [2.45, 2.75) is 44.2 Å². The van der Waals surface area contributed by atoms with Gasteiger partial charge in [0, 0.05) is 17.5 Å². The van der Waals surface area contributed by atoms with Gasteiger partial charge in [-0.1, -0.05) is 24.3 Å². The molecule has 0 aliphatic carbocycles. The van der Waals surface area contributed by atoms with Gasteiger partial charge in [-0.15, -0.1) is 10.2 Å². The molecule has 1 aliphatic heterocycles. The fourth-order valence-corrected chi connectivity index (χ4v) is 4.47. The molecular formula is C29H25F3N6O3. The number of rotatable bonds is 6. The van der Waals surface area contributed by atoms with Gasteiger partial charge in [-0.05, 0) is 43.7 Å². The van der Waals surface area contributed by atoms with Gasteiger partial charge in [-0.2, -0.15) is 5.26 Å². The van der Waals surface area contributed by atoms with Crippen molar-refractivity contribution < 1.29 is 27.1 Å². The number of benzene rings is 2. The van der Waals surface area contributed by atoms with Crippen molar-refractivity contribution in [1.29, 1.82) is 5.26 Å².